The average Bonchev–Trinajstić information content (AvgIpc) is 3.58. The molecule has 34 heavy (non-hydrogen) atoms. The topological polar surface area (TPSA) is 125 Å². The molecular weight excluding hydrogens is 430 g/mol. The van der Waals surface area contributed by atoms with Crippen molar-refractivity contribution in [2.75, 3.05) is 0 Å². The number of fused-ring (bicyclic) bond motifs is 1. The van der Waals surface area contributed by atoms with Gasteiger partial charge in [-0.05, 0) is 54.0 Å². The van der Waals surface area contributed by atoms with E-state index < -0.39 is 5.97 Å². The maximum atomic E-state index is 11.8. The molecule has 3 N–H and O–H groups in total. The molecule has 2 atom stereocenters. The van der Waals surface area contributed by atoms with Gasteiger partial charge in [-0.2, -0.15) is 5.21 Å². The van der Waals surface area contributed by atoms with Gasteiger partial charge < -0.3 is 14.7 Å². The van der Waals surface area contributed by atoms with Crippen LogP contribution in [0, 0.1) is 12.8 Å². The van der Waals surface area contributed by atoms with Gasteiger partial charge in [-0.15, -0.1) is 10.2 Å². The van der Waals surface area contributed by atoms with Crippen molar-refractivity contribution in [1.82, 2.24) is 35.2 Å². The van der Waals surface area contributed by atoms with Crippen LogP contribution < -0.4 is 0 Å². The maximum Gasteiger partial charge on any atom is 0.337 e. The molecule has 0 aliphatic rings. The fraction of sp³-hybridized carbons (Fsp3) is 0.240. The minimum absolute atomic E-state index is 0.0878. The van der Waals surface area contributed by atoms with Gasteiger partial charge >= 0.3 is 5.97 Å². The van der Waals surface area contributed by atoms with E-state index in [2.05, 4.69) is 56.2 Å². The summed E-state index contributed by atoms with van der Waals surface area (Å²) in [6, 6.07) is 17.4. The van der Waals surface area contributed by atoms with Crippen molar-refractivity contribution in [1.29, 1.82) is 0 Å². The van der Waals surface area contributed by atoms with E-state index in [1.54, 1.807) is 12.1 Å². The summed E-state index contributed by atoms with van der Waals surface area (Å²) >= 11 is 0. The Bertz CT molecular complexity index is 1470. The van der Waals surface area contributed by atoms with E-state index in [-0.39, 0.29) is 17.4 Å². The molecule has 0 radical (unpaired) electrons. The first-order valence-electron chi connectivity index (χ1n) is 11.2. The zero-order chi connectivity index (χ0) is 23.8. The quantitative estimate of drug-likeness (QED) is 0.326. The van der Waals surface area contributed by atoms with Gasteiger partial charge in [-0.1, -0.05) is 44.5 Å². The molecule has 5 rings (SSSR count). The van der Waals surface area contributed by atoms with Gasteiger partial charge in [0.25, 0.3) is 0 Å². The SMILES string of the molecule is CCC(C)C(c1nc2c(C(=O)O)cccc2[nH]1)c1ccccc1-n1c(C)ccc1-c1nn[nH]n1. The number of nitrogens with one attached hydrogen (secondary N) is 2. The Morgan fingerprint density at radius 2 is 1.94 bits per heavy atom. The number of tetrazole rings is 1. The standard InChI is InChI=1S/C25H25N7O2/c1-4-14(2)21(24-26-18-10-7-9-17(25(33)34)22(18)27-24)16-8-5-6-11-19(16)32-15(3)12-13-20(32)23-28-30-31-29-23/h5-14,21H,4H2,1-3H3,(H,26,27)(H,33,34)(H,28,29,30,31). The van der Waals surface area contributed by atoms with Crippen molar-refractivity contribution in [3.63, 3.8) is 0 Å². The van der Waals surface area contributed by atoms with Crippen LogP contribution in [0.4, 0.5) is 0 Å². The van der Waals surface area contributed by atoms with E-state index in [9.17, 15) is 9.90 Å². The minimum Gasteiger partial charge on any atom is -0.478 e. The molecule has 0 fully saturated rings. The van der Waals surface area contributed by atoms with Crippen LogP contribution in [0.25, 0.3) is 28.2 Å². The third-order valence-corrected chi connectivity index (χ3v) is 6.43. The molecule has 9 heteroatoms. The van der Waals surface area contributed by atoms with Crippen LogP contribution in [0.15, 0.2) is 54.6 Å². The number of aromatic amines is 2. The molecule has 0 spiro atoms. The fourth-order valence-corrected chi connectivity index (χ4v) is 4.59. The van der Waals surface area contributed by atoms with Crippen LogP contribution in [-0.4, -0.2) is 46.2 Å². The highest BCUT2D eigenvalue weighted by atomic mass is 16.4. The molecule has 2 aromatic carbocycles. The van der Waals surface area contributed by atoms with Crippen LogP contribution in [-0.2, 0) is 0 Å². The highest BCUT2D eigenvalue weighted by molar-refractivity contribution is 6.00. The molecule has 0 aliphatic carbocycles. The zero-order valence-electron chi connectivity index (χ0n) is 19.1. The summed E-state index contributed by atoms with van der Waals surface area (Å²) in [5.41, 5.74) is 5.32. The number of benzene rings is 2. The molecule has 3 heterocycles. The lowest BCUT2D eigenvalue weighted by atomic mass is 9.84. The van der Waals surface area contributed by atoms with Crippen molar-refractivity contribution in [3.05, 3.63) is 77.2 Å². The number of aromatic carboxylic acids is 1. The number of para-hydroxylation sites is 2. The van der Waals surface area contributed by atoms with E-state index in [1.807, 2.05) is 37.3 Å². The lowest BCUT2D eigenvalue weighted by Crippen LogP contribution is -2.16. The summed E-state index contributed by atoms with van der Waals surface area (Å²) in [6.45, 7) is 6.38. The summed E-state index contributed by atoms with van der Waals surface area (Å²) in [5, 5.41) is 24.3. The normalized spacial score (nSPS) is 13.3. The second-order valence-electron chi connectivity index (χ2n) is 8.48. The van der Waals surface area contributed by atoms with Crippen molar-refractivity contribution < 1.29 is 9.90 Å². The predicted octanol–water partition coefficient (Wildman–Crippen LogP) is 4.72. The van der Waals surface area contributed by atoms with Crippen molar-refractivity contribution >= 4 is 17.0 Å². The van der Waals surface area contributed by atoms with Gasteiger partial charge in [0.15, 0.2) is 0 Å². The van der Waals surface area contributed by atoms with Crippen LogP contribution in [0.5, 0.6) is 0 Å². The monoisotopic (exact) mass is 455 g/mol. The van der Waals surface area contributed by atoms with Crippen LogP contribution in [0.2, 0.25) is 0 Å². The molecule has 172 valence electrons. The number of H-pyrrole nitrogens is 2. The summed E-state index contributed by atoms with van der Waals surface area (Å²) in [6.07, 6.45) is 0.921. The van der Waals surface area contributed by atoms with Crippen LogP contribution in [0.3, 0.4) is 0 Å². The van der Waals surface area contributed by atoms with E-state index in [0.29, 0.717) is 16.9 Å². The number of aromatic nitrogens is 7. The molecule has 0 aliphatic heterocycles. The summed E-state index contributed by atoms with van der Waals surface area (Å²) in [4.78, 5) is 20.0. The lowest BCUT2D eigenvalue weighted by Gasteiger charge is -2.25. The maximum absolute atomic E-state index is 11.8. The second-order valence-corrected chi connectivity index (χ2v) is 8.48. The Morgan fingerprint density at radius 3 is 2.68 bits per heavy atom. The van der Waals surface area contributed by atoms with E-state index >= 15 is 0 Å². The molecule has 2 unspecified atom stereocenters. The van der Waals surface area contributed by atoms with Crippen molar-refractivity contribution in [2.45, 2.75) is 33.1 Å². The van der Waals surface area contributed by atoms with E-state index in [0.717, 1.165) is 34.9 Å². The van der Waals surface area contributed by atoms with Crippen LogP contribution in [0.1, 0.15) is 53.6 Å². The van der Waals surface area contributed by atoms with Gasteiger partial charge in [-0.25, -0.2) is 9.78 Å². The Morgan fingerprint density at radius 1 is 1.12 bits per heavy atom. The number of carbonyl (C=O) groups is 1. The zero-order valence-corrected chi connectivity index (χ0v) is 19.1. The van der Waals surface area contributed by atoms with Gasteiger partial charge in [-0.3, -0.25) is 0 Å². The van der Waals surface area contributed by atoms with Crippen LogP contribution >= 0.6 is 0 Å². The first-order valence-corrected chi connectivity index (χ1v) is 11.2. The fourth-order valence-electron chi connectivity index (χ4n) is 4.59. The Balaban J connectivity index is 1.72. The molecule has 3 aromatic heterocycles. The molecular formula is C25H25N7O2. The third kappa shape index (κ3) is 3.55. The lowest BCUT2D eigenvalue weighted by molar-refractivity contribution is 0.0699. The summed E-state index contributed by atoms with van der Waals surface area (Å²) < 4.78 is 2.13. The first-order chi connectivity index (χ1) is 16.5. The van der Waals surface area contributed by atoms with E-state index in [1.165, 1.54) is 0 Å². The number of rotatable bonds is 7. The molecule has 0 amide bonds. The molecule has 0 bridgehead atoms. The molecule has 0 saturated carbocycles. The molecule has 5 aromatic rings. The smallest absolute Gasteiger partial charge is 0.337 e. The van der Waals surface area contributed by atoms with Gasteiger partial charge in [0.05, 0.1) is 16.8 Å². The highest BCUT2D eigenvalue weighted by Gasteiger charge is 2.28. The van der Waals surface area contributed by atoms with Crippen molar-refractivity contribution in [3.8, 4) is 17.2 Å². The number of carboxylic acids is 1. The second kappa shape index (κ2) is 8.58. The number of hydrogen-bond acceptors (Lipinski definition) is 5. The van der Waals surface area contributed by atoms with Crippen molar-refractivity contribution in [2.24, 2.45) is 5.92 Å². The number of nitrogens with zero attached hydrogens (tertiary/aromatic N) is 5. The highest BCUT2D eigenvalue weighted by Crippen LogP contribution is 2.38. The largest absolute Gasteiger partial charge is 0.478 e. The first kappa shape index (κ1) is 21.6. The third-order valence-electron chi connectivity index (χ3n) is 6.43. The average molecular weight is 456 g/mol. The van der Waals surface area contributed by atoms with E-state index in [4.69, 9.17) is 4.98 Å². The van der Waals surface area contributed by atoms with Gasteiger partial charge in [0.2, 0.25) is 5.82 Å². The number of imidazole rings is 1. The number of aryl methyl sites for hydroxylation is 1. The molecule has 9 nitrogen and oxygen atoms in total. The predicted molar refractivity (Wildman–Crippen MR) is 128 cm³/mol. The Kier molecular flexibility index (Phi) is 5.45. The summed E-state index contributed by atoms with van der Waals surface area (Å²) in [7, 11) is 0. The Labute approximate surface area is 195 Å². The minimum atomic E-state index is -0.989. The van der Waals surface area contributed by atoms with Gasteiger partial charge in [0.1, 0.15) is 11.3 Å². The van der Waals surface area contributed by atoms with Gasteiger partial charge in [0, 0.05) is 17.3 Å². The number of hydrogen-bond donors (Lipinski definition) is 3. The number of carboxylic acid groups (broad SMARTS) is 1. The Hall–Kier alpha value is -4.27. The summed E-state index contributed by atoms with van der Waals surface area (Å²) in [5.74, 6) is 0.417. The molecule has 0 saturated heterocycles.